The van der Waals surface area contributed by atoms with Crippen molar-refractivity contribution in [1.29, 1.82) is 0 Å². The Morgan fingerprint density at radius 2 is 1.52 bits per heavy atom. The van der Waals surface area contributed by atoms with E-state index in [-0.39, 0.29) is 5.56 Å². The van der Waals surface area contributed by atoms with Crippen LogP contribution in [0.5, 0.6) is 0 Å². The third kappa shape index (κ3) is 6.19. The van der Waals surface area contributed by atoms with E-state index in [1.54, 1.807) is 12.1 Å². The smallest absolute Gasteiger partial charge is 0.404 e. The maximum Gasteiger partial charge on any atom is 0.404 e. The van der Waals surface area contributed by atoms with Crippen LogP contribution in [-0.2, 0) is 4.79 Å². The van der Waals surface area contributed by atoms with Crippen molar-refractivity contribution in [2.24, 2.45) is 0 Å². The van der Waals surface area contributed by atoms with Crippen LogP contribution < -0.4 is 16.1 Å². The normalized spacial score (nSPS) is 10.7. The molecule has 0 radical (unpaired) electrons. The monoisotopic (exact) mass is 367 g/mol. The quantitative estimate of drug-likeness (QED) is 0.305. The molecule has 0 fully saturated rings. The Morgan fingerprint density at radius 3 is 2.07 bits per heavy atom. The average molecular weight is 367 g/mol. The lowest BCUT2D eigenvalue weighted by atomic mass is 10.1. The second kappa shape index (κ2) is 9.60. The summed E-state index contributed by atoms with van der Waals surface area (Å²) in [6, 6.07) is 14.5. The van der Waals surface area contributed by atoms with Gasteiger partial charge in [-0.15, -0.1) is 0 Å². The molecule has 0 aliphatic rings. The highest BCUT2D eigenvalue weighted by atomic mass is 16.5. The number of rotatable bonds is 5. The van der Waals surface area contributed by atoms with Gasteiger partial charge in [-0.05, 0) is 36.4 Å². The van der Waals surface area contributed by atoms with Crippen LogP contribution in [-0.4, -0.2) is 40.8 Å². The third-order valence-corrected chi connectivity index (χ3v) is 3.46. The molecule has 0 spiro atoms. The van der Waals surface area contributed by atoms with Gasteiger partial charge in [0.2, 0.25) is 0 Å². The lowest BCUT2D eigenvalue weighted by Crippen LogP contribution is -2.51. The van der Waals surface area contributed by atoms with Crippen molar-refractivity contribution in [3.8, 4) is 11.8 Å². The first kappa shape index (κ1) is 19.5. The molecule has 2 aromatic carbocycles. The van der Waals surface area contributed by atoms with Crippen molar-refractivity contribution in [2.75, 3.05) is 6.54 Å². The van der Waals surface area contributed by atoms with E-state index in [2.05, 4.69) is 17.2 Å². The molecule has 0 aliphatic heterocycles. The molecule has 27 heavy (non-hydrogen) atoms. The number of amides is 3. The van der Waals surface area contributed by atoms with Gasteiger partial charge in [0.15, 0.2) is 0 Å². The van der Waals surface area contributed by atoms with E-state index in [1.807, 2.05) is 35.6 Å². The summed E-state index contributed by atoms with van der Waals surface area (Å²) in [5.41, 5.74) is 3.20. The molecule has 0 unspecified atom stereocenters. The summed E-state index contributed by atoms with van der Waals surface area (Å²) in [5, 5.41) is 21.6. The highest BCUT2D eigenvalue weighted by molar-refractivity contribution is 5.97. The lowest BCUT2D eigenvalue weighted by Gasteiger charge is -2.16. The summed E-state index contributed by atoms with van der Waals surface area (Å²) >= 11 is 0. The molecule has 3 amide bonds. The summed E-state index contributed by atoms with van der Waals surface area (Å²) in [6.07, 6.45) is -1.36. The number of carbonyl (C=O) groups excluding carboxylic acids is 2. The van der Waals surface area contributed by atoms with E-state index in [4.69, 9.17) is 10.3 Å². The van der Waals surface area contributed by atoms with Crippen molar-refractivity contribution in [3.05, 3.63) is 71.3 Å². The van der Waals surface area contributed by atoms with Crippen LogP contribution >= 0.6 is 0 Å². The fourth-order valence-electron chi connectivity index (χ4n) is 2.09. The fourth-order valence-corrected chi connectivity index (χ4v) is 2.09. The first-order valence-electron chi connectivity index (χ1n) is 7.88. The van der Waals surface area contributed by atoms with Crippen LogP contribution in [0.4, 0.5) is 4.79 Å². The number of hydrogen-bond donors (Lipinski definition) is 5. The Hall–Kier alpha value is -3.83. The lowest BCUT2D eigenvalue weighted by molar-refractivity contribution is -0.131. The Bertz CT molecular complexity index is 870. The maximum absolute atomic E-state index is 12.2. The zero-order valence-electron chi connectivity index (χ0n) is 14.1. The van der Waals surface area contributed by atoms with E-state index < -0.39 is 30.5 Å². The molecule has 0 bridgehead atoms. The minimum Gasteiger partial charge on any atom is -0.465 e. The molecule has 2 aromatic rings. The number of carbonyl (C=O) groups is 3. The van der Waals surface area contributed by atoms with Gasteiger partial charge in [0.05, 0.1) is 6.54 Å². The van der Waals surface area contributed by atoms with Gasteiger partial charge in [0.1, 0.15) is 6.04 Å². The molecule has 0 saturated heterocycles. The molecule has 2 rings (SSSR count). The zero-order chi connectivity index (χ0) is 19.6. The van der Waals surface area contributed by atoms with Gasteiger partial charge < -0.3 is 15.7 Å². The van der Waals surface area contributed by atoms with Gasteiger partial charge in [-0.1, -0.05) is 30.0 Å². The van der Waals surface area contributed by atoms with E-state index in [9.17, 15) is 14.4 Å². The van der Waals surface area contributed by atoms with Crippen LogP contribution in [0.2, 0.25) is 0 Å². The zero-order valence-corrected chi connectivity index (χ0v) is 14.1. The van der Waals surface area contributed by atoms with Gasteiger partial charge >= 0.3 is 6.09 Å². The predicted octanol–water partition coefficient (Wildman–Crippen LogP) is 0.958. The SMILES string of the molecule is O=C(O)NC[C@H](NC(=O)c1ccc(C#Cc2ccccc2)cc1)C(=O)NO. The van der Waals surface area contributed by atoms with Crippen molar-refractivity contribution in [2.45, 2.75) is 6.04 Å². The molecule has 0 aliphatic carbocycles. The molecule has 0 heterocycles. The van der Waals surface area contributed by atoms with Gasteiger partial charge in [0.25, 0.3) is 11.8 Å². The number of nitrogens with one attached hydrogen (secondary N) is 3. The Balaban J connectivity index is 2.04. The molecular formula is C19H17N3O5. The molecule has 1 atom stereocenters. The maximum atomic E-state index is 12.2. The molecule has 0 saturated carbocycles. The molecule has 8 nitrogen and oxygen atoms in total. The van der Waals surface area contributed by atoms with E-state index in [0.29, 0.717) is 5.56 Å². The minimum atomic E-state index is -1.36. The second-order valence-corrected chi connectivity index (χ2v) is 5.38. The van der Waals surface area contributed by atoms with Crippen LogP contribution in [0.1, 0.15) is 21.5 Å². The first-order chi connectivity index (χ1) is 13.0. The highest BCUT2D eigenvalue weighted by Crippen LogP contribution is 2.05. The second-order valence-electron chi connectivity index (χ2n) is 5.38. The minimum absolute atomic E-state index is 0.256. The van der Waals surface area contributed by atoms with Gasteiger partial charge in [-0.3, -0.25) is 14.8 Å². The molecule has 0 aromatic heterocycles. The van der Waals surface area contributed by atoms with E-state index in [0.717, 1.165) is 5.56 Å². The Kier molecular flexibility index (Phi) is 6.93. The van der Waals surface area contributed by atoms with Crippen molar-refractivity contribution >= 4 is 17.9 Å². The largest absolute Gasteiger partial charge is 0.465 e. The molecular weight excluding hydrogens is 350 g/mol. The summed E-state index contributed by atoms with van der Waals surface area (Å²) in [6.45, 7) is -0.395. The summed E-state index contributed by atoms with van der Waals surface area (Å²) < 4.78 is 0. The topological polar surface area (TPSA) is 128 Å². The van der Waals surface area contributed by atoms with Crippen LogP contribution in [0.25, 0.3) is 0 Å². The van der Waals surface area contributed by atoms with Gasteiger partial charge in [-0.25, -0.2) is 10.3 Å². The van der Waals surface area contributed by atoms with E-state index >= 15 is 0 Å². The highest BCUT2D eigenvalue weighted by Gasteiger charge is 2.21. The van der Waals surface area contributed by atoms with Crippen molar-refractivity contribution in [1.82, 2.24) is 16.1 Å². The summed E-state index contributed by atoms with van der Waals surface area (Å²) in [7, 11) is 0. The molecule has 8 heteroatoms. The van der Waals surface area contributed by atoms with Crippen LogP contribution in [0, 0.1) is 11.8 Å². The molecule has 5 N–H and O–H groups in total. The predicted molar refractivity (Wildman–Crippen MR) is 96.1 cm³/mol. The van der Waals surface area contributed by atoms with Gasteiger partial charge in [0, 0.05) is 16.7 Å². The van der Waals surface area contributed by atoms with Gasteiger partial charge in [-0.2, -0.15) is 0 Å². The van der Waals surface area contributed by atoms with E-state index in [1.165, 1.54) is 17.6 Å². The van der Waals surface area contributed by atoms with Crippen molar-refractivity contribution in [3.63, 3.8) is 0 Å². The van der Waals surface area contributed by atoms with Crippen molar-refractivity contribution < 1.29 is 24.7 Å². The Morgan fingerprint density at radius 1 is 0.926 bits per heavy atom. The molecule has 138 valence electrons. The van der Waals surface area contributed by atoms with Crippen LogP contribution in [0.15, 0.2) is 54.6 Å². The summed E-state index contributed by atoms with van der Waals surface area (Å²) in [4.78, 5) is 34.3. The number of benzene rings is 2. The first-order valence-corrected chi connectivity index (χ1v) is 7.88. The third-order valence-electron chi connectivity index (χ3n) is 3.46. The number of hydroxylamine groups is 1. The summed E-state index contributed by atoms with van der Waals surface area (Å²) in [5.74, 6) is 4.43. The number of hydrogen-bond acceptors (Lipinski definition) is 4. The van der Waals surface area contributed by atoms with Crippen LogP contribution in [0.3, 0.4) is 0 Å². The standard InChI is InChI=1S/C19H17N3O5/c23-17(21-16(18(24)22-27)12-20-19(25)26)15-10-8-14(9-11-15)7-6-13-4-2-1-3-5-13/h1-5,8-11,16,20,27H,12H2,(H,21,23)(H,22,24)(H,25,26)/t16-/m0/s1. The Labute approximate surface area is 155 Å². The average Bonchev–Trinajstić information content (AvgIpc) is 2.69. The fraction of sp³-hybridized carbons (Fsp3) is 0.105. The number of carboxylic acid groups (broad SMARTS) is 1.